The van der Waals surface area contributed by atoms with Crippen LogP contribution >= 0.6 is 11.3 Å². The Hall–Kier alpha value is -2.61. The lowest BCUT2D eigenvalue weighted by Crippen LogP contribution is -2.41. The van der Waals surface area contributed by atoms with E-state index >= 15 is 0 Å². The van der Waals surface area contributed by atoms with E-state index in [1.54, 1.807) is 11.3 Å². The Morgan fingerprint density at radius 1 is 1.37 bits per heavy atom. The highest BCUT2D eigenvalue weighted by molar-refractivity contribution is 7.19. The number of carbonyl (C=O) groups is 1. The lowest BCUT2D eigenvalue weighted by molar-refractivity contribution is 0.0895. The van der Waals surface area contributed by atoms with Gasteiger partial charge in [0.05, 0.1) is 15.2 Å². The summed E-state index contributed by atoms with van der Waals surface area (Å²) < 4.78 is 7.15. The Bertz CT molecular complexity index is 995. The summed E-state index contributed by atoms with van der Waals surface area (Å²) in [5.41, 5.74) is 7.72. The van der Waals surface area contributed by atoms with Crippen LogP contribution in [0.5, 0.6) is 5.75 Å². The molecule has 1 fully saturated rings. The lowest BCUT2D eigenvalue weighted by Gasteiger charge is -2.30. The van der Waals surface area contributed by atoms with Crippen LogP contribution in [0.25, 0.3) is 21.1 Å². The van der Waals surface area contributed by atoms with E-state index in [-0.39, 0.29) is 6.10 Å². The molecule has 0 unspecified atom stereocenters. The van der Waals surface area contributed by atoms with Crippen molar-refractivity contribution >= 4 is 44.4 Å². The molecule has 3 heterocycles. The van der Waals surface area contributed by atoms with Crippen molar-refractivity contribution in [2.24, 2.45) is 0 Å². The second-order valence-corrected chi connectivity index (χ2v) is 7.88. The maximum Gasteiger partial charge on any atom is 0.407 e. The predicted octanol–water partition coefficient (Wildman–Crippen LogP) is 3.90. The van der Waals surface area contributed by atoms with Crippen molar-refractivity contribution in [1.82, 2.24) is 14.9 Å². The summed E-state index contributed by atoms with van der Waals surface area (Å²) in [4.78, 5) is 21.6. The van der Waals surface area contributed by atoms with Gasteiger partial charge in [-0.15, -0.1) is 11.3 Å². The summed E-state index contributed by atoms with van der Waals surface area (Å²) in [6.07, 6.45) is 2.51. The Morgan fingerprint density at radius 2 is 2.15 bits per heavy atom. The number of aryl methyl sites for hydroxylation is 1. The van der Waals surface area contributed by atoms with Gasteiger partial charge in [0.15, 0.2) is 5.82 Å². The van der Waals surface area contributed by atoms with Gasteiger partial charge in [-0.05, 0) is 25.0 Å². The zero-order valence-corrected chi connectivity index (χ0v) is 16.0. The average Bonchev–Trinajstić information content (AvgIpc) is 3.07. The molecule has 0 aliphatic carbocycles. The van der Waals surface area contributed by atoms with Gasteiger partial charge < -0.3 is 20.5 Å². The Balaban J connectivity index is 1.59. The quantitative estimate of drug-likeness (QED) is 0.705. The van der Waals surface area contributed by atoms with E-state index in [1.807, 2.05) is 18.2 Å². The summed E-state index contributed by atoms with van der Waals surface area (Å²) in [7, 11) is 0. The zero-order chi connectivity index (χ0) is 19.0. The van der Waals surface area contributed by atoms with Crippen LogP contribution in [0.3, 0.4) is 0 Å². The van der Waals surface area contributed by atoms with Crippen molar-refractivity contribution in [3.8, 4) is 5.75 Å². The first kappa shape index (κ1) is 17.8. The monoisotopic (exact) mass is 386 g/mol. The predicted molar refractivity (Wildman–Crippen MR) is 107 cm³/mol. The first-order valence-electron chi connectivity index (χ1n) is 9.18. The van der Waals surface area contributed by atoms with Crippen LogP contribution in [-0.2, 0) is 6.42 Å². The highest BCUT2D eigenvalue weighted by Crippen LogP contribution is 2.34. The summed E-state index contributed by atoms with van der Waals surface area (Å²) >= 11 is 1.68. The van der Waals surface area contributed by atoms with Gasteiger partial charge in [-0.1, -0.05) is 6.92 Å². The number of aromatic nitrogens is 2. The zero-order valence-electron chi connectivity index (χ0n) is 15.1. The lowest BCUT2D eigenvalue weighted by atomic mass is 10.1. The van der Waals surface area contributed by atoms with Gasteiger partial charge in [0.2, 0.25) is 0 Å². The highest BCUT2D eigenvalue weighted by atomic mass is 32.1. The van der Waals surface area contributed by atoms with Crippen molar-refractivity contribution in [1.29, 1.82) is 0 Å². The molecule has 1 aliphatic rings. The molecule has 1 amide bonds. The van der Waals surface area contributed by atoms with Crippen molar-refractivity contribution in [2.45, 2.75) is 38.7 Å². The third-order valence-corrected chi connectivity index (χ3v) is 6.00. The number of nitrogen functional groups attached to an aromatic ring is 1. The van der Waals surface area contributed by atoms with Gasteiger partial charge in [0.25, 0.3) is 0 Å². The van der Waals surface area contributed by atoms with Gasteiger partial charge >= 0.3 is 6.09 Å². The number of thiazole rings is 1. The van der Waals surface area contributed by atoms with Gasteiger partial charge in [0, 0.05) is 37.4 Å². The number of fused-ring (bicyclic) bond motifs is 3. The average molecular weight is 386 g/mol. The number of piperidine rings is 1. The smallest absolute Gasteiger partial charge is 0.407 e. The molecule has 0 radical (unpaired) electrons. The van der Waals surface area contributed by atoms with Crippen molar-refractivity contribution in [3.05, 3.63) is 23.2 Å². The first-order valence-corrected chi connectivity index (χ1v) is 10.00. The Kier molecular flexibility index (Phi) is 4.73. The molecule has 142 valence electrons. The van der Waals surface area contributed by atoms with E-state index in [0.29, 0.717) is 31.7 Å². The number of nitrogens with zero attached hydrogens (tertiary/aromatic N) is 3. The molecule has 0 bridgehead atoms. The van der Waals surface area contributed by atoms with Crippen molar-refractivity contribution in [2.75, 3.05) is 18.8 Å². The molecule has 4 rings (SSSR count). The number of hydrogen-bond acceptors (Lipinski definition) is 6. The molecule has 2 aromatic heterocycles. The summed E-state index contributed by atoms with van der Waals surface area (Å²) in [5, 5.41) is 11.2. The molecular weight excluding hydrogens is 364 g/mol. The van der Waals surface area contributed by atoms with E-state index in [2.05, 4.69) is 16.9 Å². The molecule has 7 nitrogen and oxygen atoms in total. The fourth-order valence-corrected chi connectivity index (χ4v) is 4.66. The summed E-state index contributed by atoms with van der Waals surface area (Å²) in [5.74, 6) is 1.18. The number of benzene rings is 1. The van der Waals surface area contributed by atoms with E-state index in [4.69, 9.17) is 15.6 Å². The molecule has 0 saturated carbocycles. The van der Waals surface area contributed by atoms with Crippen molar-refractivity contribution in [3.63, 3.8) is 0 Å². The van der Waals surface area contributed by atoms with E-state index in [9.17, 15) is 4.79 Å². The van der Waals surface area contributed by atoms with Crippen LogP contribution in [0.4, 0.5) is 10.6 Å². The molecule has 0 atom stereocenters. The van der Waals surface area contributed by atoms with Crippen LogP contribution in [0.2, 0.25) is 0 Å². The normalized spacial score (nSPS) is 15.5. The molecule has 1 aliphatic heterocycles. The largest absolute Gasteiger partial charge is 0.490 e. The number of amides is 1. The maximum atomic E-state index is 11.0. The molecule has 0 spiro atoms. The van der Waals surface area contributed by atoms with E-state index < -0.39 is 6.09 Å². The molecule has 3 aromatic rings. The fourth-order valence-electron chi connectivity index (χ4n) is 3.45. The van der Waals surface area contributed by atoms with Gasteiger partial charge in [-0.25, -0.2) is 14.8 Å². The van der Waals surface area contributed by atoms with Gasteiger partial charge in [-0.2, -0.15) is 0 Å². The number of rotatable bonds is 4. The number of hydrogen-bond donors (Lipinski definition) is 2. The van der Waals surface area contributed by atoms with E-state index in [1.165, 1.54) is 4.90 Å². The third-order valence-electron chi connectivity index (χ3n) is 4.85. The topological polar surface area (TPSA) is 102 Å². The van der Waals surface area contributed by atoms with Crippen molar-refractivity contribution < 1.29 is 14.6 Å². The molecule has 8 heteroatoms. The number of ether oxygens (including phenoxy) is 1. The minimum atomic E-state index is -0.866. The maximum absolute atomic E-state index is 11.0. The molecular formula is C19H22N4O3S. The second kappa shape index (κ2) is 7.19. The van der Waals surface area contributed by atoms with Crippen LogP contribution in [-0.4, -0.2) is 45.3 Å². The Morgan fingerprint density at radius 3 is 2.85 bits per heavy atom. The number of likely N-dealkylation sites (tertiary alicyclic amines) is 1. The molecule has 1 aromatic carbocycles. The van der Waals surface area contributed by atoms with E-state index in [0.717, 1.165) is 44.7 Å². The minimum Gasteiger partial charge on any atom is -0.490 e. The van der Waals surface area contributed by atoms with Crippen LogP contribution in [0.1, 0.15) is 31.2 Å². The highest BCUT2D eigenvalue weighted by Gasteiger charge is 2.23. The standard InChI is InChI=1S/C19H22N4O3S/c1-2-3-15-22-16-17(27-15)13-5-4-12(10-14(13)21-18(16)20)26-11-6-8-23(9-7-11)19(24)25/h4-5,10-11H,2-3,6-9H2,1H3,(H2,20,21)(H,24,25). The summed E-state index contributed by atoms with van der Waals surface area (Å²) in [6, 6.07) is 5.87. The Labute approximate surface area is 160 Å². The number of pyridine rings is 1. The number of anilines is 1. The molecule has 1 saturated heterocycles. The molecule has 27 heavy (non-hydrogen) atoms. The molecule has 3 N–H and O–H groups in total. The summed E-state index contributed by atoms with van der Waals surface area (Å²) in [6.45, 7) is 3.14. The van der Waals surface area contributed by atoms with Crippen LogP contribution in [0, 0.1) is 0 Å². The van der Waals surface area contributed by atoms with Gasteiger partial charge in [0.1, 0.15) is 17.4 Å². The SMILES string of the molecule is CCCc1nc2c(N)nc3cc(OC4CCN(C(=O)O)CC4)ccc3c2s1. The third kappa shape index (κ3) is 3.49. The fraction of sp³-hybridized carbons (Fsp3) is 0.421. The van der Waals surface area contributed by atoms with Crippen LogP contribution < -0.4 is 10.5 Å². The number of carboxylic acid groups (broad SMARTS) is 1. The first-order chi connectivity index (χ1) is 13.0. The van der Waals surface area contributed by atoms with Gasteiger partial charge in [-0.3, -0.25) is 0 Å². The minimum absolute atomic E-state index is 0.0127. The van der Waals surface area contributed by atoms with Crippen LogP contribution in [0.15, 0.2) is 18.2 Å². The second-order valence-electron chi connectivity index (χ2n) is 6.80. The number of nitrogens with two attached hydrogens (primary N) is 1.